The standard InChI is InChI=1S/C20H30O14/c1-7-15(13(25)14(26)19(27)29-7)33-20-18(32-11(5)24)17(31-10(4)23)16(34-20)12(30-9(3)22)6-28-8(2)21/h7,12-20,25-27H,6H2,1-5H3/t7?,12-,13?,14?,15+,16+,17+,18-,19-,20-/m1/s1. The smallest absolute Gasteiger partial charge is 0.303 e. The molecule has 2 saturated heterocycles. The molecule has 0 amide bonds. The van der Waals surface area contributed by atoms with E-state index in [1.165, 1.54) is 6.92 Å². The first-order valence-electron chi connectivity index (χ1n) is 10.5. The fourth-order valence-electron chi connectivity index (χ4n) is 3.67. The average Bonchev–Trinajstić information content (AvgIpc) is 3.02. The molecule has 0 spiro atoms. The third-order valence-electron chi connectivity index (χ3n) is 5.03. The van der Waals surface area contributed by atoms with Gasteiger partial charge in [-0.15, -0.1) is 0 Å². The zero-order valence-electron chi connectivity index (χ0n) is 19.3. The second-order valence-corrected chi connectivity index (χ2v) is 7.88. The first-order chi connectivity index (χ1) is 15.8. The summed E-state index contributed by atoms with van der Waals surface area (Å²) in [5.41, 5.74) is 0. The molecule has 2 aliphatic heterocycles. The molecule has 14 nitrogen and oxygen atoms in total. The molecule has 2 fully saturated rings. The number of aliphatic hydroxyl groups excluding tert-OH is 3. The molecule has 34 heavy (non-hydrogen) atoms. The Morgan fingerprint density at radius 3 is 1.91 bits per heavy atom. The summed E-state index contributed by atoms with van der Waals surface area (Å²) in [7, 11) is 0. The Kier molecular flexibility index (Phi) is 9.73. The van der Waals surface area contributed by atoms with E-state index in [-0.39, 0.29) is 0 Å². The van der Waals surface area contributed by atoms with E-state index in [1.54, 1.807) is 0 Å². The van der Waals surface area contributed by atoms with Crippen LogP contribution in [0.5, 0.6) is 0 Å². The summed E-state index contributed by atoms with van der Waals surface area (Å²) in [6.07, 6.45) is -14.2. The number of rotatable bonds is 8. The lowest BCUT2D eigenvalue weighted by Gasteiger charge is -2.40. The molecule has 2 rings (SSSR count). The molecule has 0 saturated carbocycles. The normalized spacial score (nSPS) is 36.3. The Labute approximate surface area is 194 Å². The molecule has 0 bridgehead atoms. The maximum atomic E-state index is 11.8. The van der Waals surface area contributed by atoms with Crippen LogP contribution in [-0.4, -0.2) is 107 Å². The Bertz CT molecular complexity index is 756. The number of carbonyl (C=O) groups excluding carboxylic acids is 4. The van der Waals surface area contributed by atoms with Crippen molar-refractivity contribution in [1.29, 1.82) is 0 Å². The second-order valence-electron chi connectivity index (χ2n) is 7.88. The molecule has 2 heterocycles. The van der Waals surface area contributed by atoms with Crippen LogP contribution in [0, 0.1) is 0 Å². The van der Waals surface area contributed by atoms with Crippen LogP contribution in [0.15, 0.2) is 0 Å². The summed E-state index contributed by atoms with van der Waals surface area (Å²) < 4.78 is 37.3. The van der Waals surface area contributed by atoms with Gasteiger partial charge in [-0.2, -0.15) is 0 Å². The van der Waals surface area contributed by atoms with E-state index in [0.717, 1.165) is 27.7 Å². The van der Waals surface area contributed by atoms with Crippen LogP contribution in [0.3, 0.4) is 0 Å². The molecule has 0 radical (unpaired) electrons. The van der Waals surface area contributed by atoms with E-state index >= 15 is 0 Å². The van der Waals surface area contributed by atoms with E-state index in [9.17, 15) is 34.5 Å². The molecule has 3 unspecified atom stereocenters. The lowest BCUT2D eigenvalue weighted by Crippen LogP contribution is -2.59. The molecule has 0 aromatic carbocycles. The third-order valence-corrected chi connectivity index (χ3v) is 5.03. The Morgan fingerprint density at radius 2 is 1.38 bits per heavy atom. The number of ether oxygens (including phenoxy) is 7. The van der Waals surface area contributed by atoms with Crippen molar-refractivity contribution >= 4 is 23.9 Å². The van der Waals surface area contributed by atoms with E-state index in [4.69, 9.17) is 33.2 Å². The molecule has 14 heteroatoms. The lowest BCUT2D eigenvalue weighted by atomic mass is 9.99. The minimum atomic E-state index is -1.72. The number of hydrogen-bond donors (Lipinski definition) is 3. The minimum absolute atomic E-state index is 0.479. The molecule has 0 aromatic heterocycles. The number of aliphatic hydroxyl groups is 3. The van der Waals surface area contributed by atoms with Gasteiger partial charge in [-0.25, -0.2) is 0 Å². The van der Waals surface area contributed by atoms with Gasteiger partial charge in [0, 0.05) is 27.7 Å². The van der Waals surface area contributed by atoms with Gasteiger partial charge in [0.1, 0.15) is 31.0 Å². The van der Waals surface area contributed by atoms with Crippen LogP contribution >= 0.6 is 0 Å². The van der Waals surface area contributed by atoms with Crippen LogP contribution in [0.4, 0.5) is 0 Å². The molecule has 3 N–H and O–H groups in total. The highest BCUT2D eigenvalue weighted by Gasteiger charge is 2.56. The zero-order chi connectivity index (χ0) is 25.7. The Balaban J connectivity index is 2.38. The maximum absolute atomic E-state index is 11.8. The van der Waals surface area contributed by atoms with Crippen molar-refractivity contribution in [3.05, 3.63) is 0 Å². The summed E-state index contributed by atoms with van der Waals surface area (Å²) in [4.78, 5) is 46.5. The third kappa shape index (κ3) is 7.07. The molecule has 194 valence electrons. The van der Waals surface area contributed by atoms with Crippen molar-refractivity contribution in [3.8, 4) is 0 Å². The van der Waals surface area contributed by atoms with Gasteiger partial charge in [0.2, 0.25) is 0 Å². The summed E-state index contributed by atoms with van der Waals surface area (Å²) in [6, 6.07) is 0. The monoisotopic (exact) mass is 494 g/mol. The highest BCUT2D eigenvalue weighted by molar-refractivity contribution is 5.68. The summed E-state index contributed by atoms with van der Waals surface area (Å²) in [5.74, 6) is -3.05. The van der Waals surface area contributed by atoms with Crippen molar-refractivity contribution < 1.29 is 67.7 Å². The van der Waals surface area contributed by atoms with Crippen molar-refractivity contribution in [3.63, 3.8) is 0 Å². The van der Waals surface area contributed by atoms with Gasteiger partial charge in [-0.1, -0.05) is 0 Å². The number of esters is 4. The van der Waals surface area contributed by atoms with Crippen molar-refractivity contribution in [2.45, 2.75) is 96.0 Å². The van der Waals surface area contributed by atoms with Crippen molar-refractivity contribution in [1.82, 2.24) is 0 Å². The van der Waals surface area contributed by atoms with Gasteiger partial charge >= 0.3 is 23.9 Å². The molecule has 10 atom stereocenters. The summed E-state index contributed by atoms with van der Waals surface area (Å²) in [6.45, 7) is 5.36. The topological polar surface area (TPSA) is 194 Å². The van der Waals surface area contributed by atoms with Gasteiger partial charge in [0.15, 0.2) is 30.9 Å². The largest absolute Gasteiger partial charge is 0.462 e. The summed E-state index contributed by atoms with van der Waals surface area (Å²) in [5, 5.41) is 30.0. The minimum Gasteiger partial charge on any atom is -0.462 e. The van der Waals surface area contributed by atoms with Crippen LogP contribution in [-0.2, 0) is 52.3 Å². The highest BCUT2D eigenvalue weighted by atomic mass is 16.8. The Morgan fingerprint density at radius 1 is 0.794 bits per heavy atom. The Hall–Kier alpha value is -2.36. The van der Waals surface area contributed by atoms with Crippen LogP contribution in [0.1, 0.15) is 34.6 Å². The fourth-order valence-corrected chi connectivity index (χ4v) is 3.67. The number of hydrogen-bond acceptors (Lipinski definition) is 14. The molecular formula is C20H30O14. The molecular weight excluding hydrogens is 464 g/mol. The van der Waals surface area contributed by atoms with Crippen LogP contribution in [0.25, 0.3) is 0 Å². The van der Waals surface area contributed by atoms with Gasteiger partial charge in [-0.3, -0.25) is 19.2 Å². The van der Waals surface area contributed by atoms with E-state index in [2.05, 4.69) is 0 Å². The van der Waals surface area contributed by atoms with Gasteiger partial charge in [0.05, 0.1) is 6.10 Å². The summed E-state index contributed by atoms with van der Waals surface area (Å²) >= 11 is 0. The first-order valence-corrected chi connectivity index (χ1v) is 10.5. The maximum Gasteiger partial charge on any atom is 0.303 e. The van der Waals surface area contributed by atoms with Crippen LogP contribution in [0.2, 0.25) is 0 Å². The average molecular weight is 494 g/mol. The van der Waals surface area contributed by atoms with Crippen LogP contribution < -0.4 is 0 Å². The van der Waals surface area contributed by atoms with Crippen molar-refractivity contribution in [2.75, 3.05) is 6.61 Å². The van der Waals surface area contributed by atoms with Crippen molar-refractivity contribution in [2.24, 2.45) is 0 Å². The fraction of sp³-hybridized carbons (Fsp3) is 0.800. The van der Waals surface area contributed by atoms with E-state index < -0.39 is 91.9 Å². The second kappa shape index (κ2) is 11.9. The lowest BCUT2D eigenvalue weighted by molar-refractivity contribution is -0.315. The van der Waals surface area contributed by atoms with Gasteiger partial charge in [0.25, 0.3) is 0 Å². The van der Waals surface area contributed by atoms with Gasteiger partial charge < -0.3 is 48.5 Å². The van der Waals surface area contributed by atoms with E-state index in [0.29, 0.717) is 0 Å². The van der Waals surface area contributed by atoms with Gasteiger partial charge in [-0.05, 0) is 6.92 Å². The molecule has 2 aliphatic rings. The quantitative estimate of drug-likeness (QED) is 0.246. The first kappa shape index (κ1) is 27.9. The molecule has 0 aromatic rings. The number of carbonyl (C=O) groups is 4. The molecule has 0 aliphatic carbocycles. The van der Waals surface area contributed by atoms with E-state index in [1.807, 2.05) is 0 Å². The highest BCUT2D eigenvalue weighted by Crippen LogP contribution is 2.34. The predicted octanol–water partition coefficient (Wildman–Crippen LogP) is -2.09. The SMILES string of the molecule is CC(=O)OC[C@@H](OC(C)=O)[C@@H]1O[C@@H](O[C@H]2C(C)O[C@@H](O)C(O)C2O)[C@H](OC(C)=O)[C@H]1OC(C)=O. The zero-order valence-corrected chi connectivity index (χ0v) is 19.3. The predicted molar refractivity (Wildman–Crippen MR) is 105 cm³/mol.